The molecule has 0 saturated heterocycles. The van der Waals surface area contributed by atoms with E-state index in [0.29, 0.717) is 10.7 Å². The van der Waals surface area contributed by atoms with Crippen LogP contribution in [0.15, 0.2) is 34.2 Å². The molecule has 1 fully saturated rings. The molecule has 1 aliphatic carbocycles. The molecule has 104 valence electrons. The van der Waals surface area contributed by atoms with Crippen LogP contribution in [0.2, 0.25) is 0 Å². The van der Waals surface area contributed by atoms with E-state index in [4.69, 9.17) is 0 Å². The minimum atomic E-state index is -0.184. The van der Waals surface area contributed by atoms with Crippen molar-refractivity contribution in [1.29, 1.82) is 0 Å². The van der Waals surface area contributed by atoms with Crippen molar-refractivity contribution in [3.63, 3.8) is 0 Å². The fourth-order valence-corrected chi connectivity index (χ4v) is 3.16. The van der Waals surface area contributed by atoms with Crippen LogP contribution in [0.3, 0.4) is 0 Å². The van der Waals surface area contributed by atoms with Gasteiger partial charge in [-0.25, -0.2) is 9.89 Å². The van der Waals surface area contributed by atoms with Crippen LogP contribution < -0.4 is 5.69 Å². The first-order valence-corrected chi connectivity index (χ1v) is 8.30. The van der Waals surface area contributed by atoms with Gasteiger partial charge in [0.1, 0.15) is 0 Å². The van der Waals surface area contributed by atoms with Gasteiger partial charge in [0.2, 0.25) is 0 Å². The number of nitrogens with zero attached hydrogens (tertiary/aromatic N) is 2. The lowest BCUT2D eigenvalue weighted by Crippen LogP contribution is -2.16. The number of rotatable bonds is 5. The third-order valence-electron chi connectivity index (χ3n) is 3.08. The highest BCUT2D eigenvalue weighted by Gasteiger charge is 2.28. The van der Waals surface area contributed by atoms with Gasteiger partial charge >= 0.3 is 5.69 Å². The highest BCUT2D eigenvalue weighted by atomic mass is 127. The number of H-pyrrole nitrogens is 1. The molecule has 0 radical (unpaired) electrons. The zero-order valence-corrected chi connectivity index (χ0v) is 13.5. The van der Waals surface area contributed by atoms with Gasteiger partial charge in [0.15, 0.2) is 10.9 Å². The zero-order valence-electron chi connectivity index (χ0n) is 10.5. The summed E-state index contributed by atoms with van der Waals surface area (Å²) < 4.78 is 2.76. The maximum absolute atomic E-state index is 12.1. The van der Waals surface area contributed by atoms with E-state index in [9.17, 15) is 9.59 Å². The number of hydrogen-bond acceptors (Lipinski definition) is 4. The molecule has 1 saturated carbocycles. The van der Waals surface area contributed by atoms with E-state index < -0.39 is 0 Å². The van der Waals surface area contributed by atoms with Crippen LogP contribution in [0.1, 0.15) is 29.2 Å². The molecule has 1 aromatic carbocycles. The number of ketones is 1. The Kier molecular flexibility index (Phi) is 3.97. The Morgan fingerprint density at radius 2 is 2.10 bits per heavy atom. The molecule has 0 bridgehead atoms. The number of nitrogens with one attached hydrogen (secondary N) is 1. The summed E-state index contributed by atoms with van der Waals surface area (Å²) >= 11 is 3.52. The highest BCUT2D eigenvalue weighted by Crippen LogP contribution is 2.36. The Labute approximate surface area is 133 Å². The van der Waals surface area contributed by atoms with E-state index >= 15 is 0 Å². The molecule has 5 nitrogen and oxygen atoms in total. The number of aromatic nitrogens is 3. The molecular weight excluding hydrogens is 389 g/mol. The van der Waals surface area contributed by atoms with Gasteiger partial charge in [0.05, 0.1) is 5.75 Å². The van der Waals surface area contributed by atoms with E-state index in [0.717, 1.165) is 16.4 Å². The summed E-state index contributed by atoms with van der Waals surface area (Å²) in [6.07, 6.45) is 2.02. The molecule has 7 heteroatoms. The molecule has 1 aromatic heterocycles. The number of Topliss-reactive ketones (excluding diaryl/α,β-unsaturated/α-hetero) is 1. The summed E-state index contributed by atoms with van der Waals surface area (Å²) in [5.74, 6) is 0.335. The van der Waals surface area contributed by atoms with Gasteiger partial charge in [0.25, 0.3) is 0 Å². The van der Waals surface area contributed by atoms with Gasteiger partial charge in [-0.05, 0) is 47.6 Å². The van der Waals surface area contributed by atoms with Crippen LogP contribution in [-0.4, -0.2) is 26.3 Å². The van der Waals surface area contributed by atoms with Crippen molar-refractivity contribution in [2.24, 2.45) is 0 Å². The molecule has 1 heterocycles. The Balaban J connectivity index is 1.69. The Morgan fingerprint density at radius 1 is 1.40 bits per heavy atom. The van der Waals surface area contributed by atoms with Crippen LogP contribution in [-0.2, 0) is 0 Å². The van der Waals surface area contributed by atoms with Gasteiger partial charge < -0.3 is 0 Å². The number of hydrogen-bond donors (Lipinski definition) is 1. The van der Waals surface area contributed by atoms with Crippen LogP contribution in [0.25, 0.3) is 0 Å². The van der Waals surface area contributed by atoms with E-state index in [2.05, 4.69) is 32.8 Å². The topological polar surface area (TPSA) is 67.8 Å². The van der Waals surface area contributed by atoms with Gasteiger partial charge in [0, 0.05) is 15.2 Å². The first kappa shape index (κ1) is 13.9. The standard InChI is InChI=1S/C13H12IN3O2S/c14-9-3-1-8(2-4-9)11(18)7-20-13-16-15-12(19)17(13)10-5-6-10/h1-4,10H,5-7H2,(H,15,19). The lowest BCUT2D eigenvalue weighted by atomic mass is 10.2. The van der Waals surface area contributed by atoms with Crippen LogP contribution in [0, 0.1) is 3.57 Å². The van der Waals surface area contributed by atoms with Crippen molar-refractivity contribution < 1.29 is 4.79 Å². The van der Waals surface area contributed by atoms with Crippen LogP contribution in [0.5, 0.6) is 0 Å². The minimum absolute atomic E-state index is 0.0456. The summed E-state index contributed by atoms with van der Waals surface area (Å²) in [4.78, 5) is 23.7. The van der Waals surface area contributed by atoms with Crippen molar-refractivity contribution >= 4 is 40.1 Å². The first-order chi connectivity index (χ1) is 9.65. The second-order valence-electron chi connectivity index (χ2n) is 4.63. The molecule has 20 heavy (non-hydrogen) atoms. The molecular formula is C13H12IN3O2S. The van der Waals surface area contributed by atoms with E-state index in [-0.39, 0.29) is 23.3 Å². The number of aromatic amines is 1. The van der Waals surface area contributed by atoms with Crippen molar-refractivity contribution in [2.45, 2.75) is 24.0 Å². The second-order valence-corrected chi connectivity index (χ2v) is 6.82. The van der Waals surface area contributed by atoms with Crippen molar-refractivity contribution in [3.8, 4) is 0 Å². The lowest BCUT2D eigenvalue weighted by molar-refractivity contribution is 0.102. The average molecular weight is 401 g/mol. The van der Waals surface area contributed by atoms with E-state index in [1.54, 1.807) is 4.57 Å². The quantitative estimate of drug-likeness (QED) is 0.475. The molecule has 0 atom stereocenters. The number of carbonyl (C=O) groups is 1. The normalized spacial score (nSPS) is 14.4. The Hall–Kier alpha value is -1.09. The number of thioether (sulfide) groups is 1. The van der Waals surface area contributed by atoms with Gasteiger partial charge in [-0.1, -0.05) is 23.9 Å². The molecule has 1 N–H and O–H groups in total. The van der Waals surface area contributed by atoms with E-state index in [1.807, 2.05) is 24.3 Å². The second kappa shape index (κ2) is 5.72. The number of benzene rings is 1. The summed E-state index contributed by atoms with van der Waals surface area (Å²) in [7, 11) is 0. The third-order valence-corrected chi connectivity index (χ3v) is 4.75. The maximum Gasteiger partial charge on any atom is 0.344 e. The molecule has 0 aliphatic heterocycles. The number of carbonyl (C=O) groups excluding carboxylic acids is 1. The molecule has 1 aliphatic rings. The molecule has 3 rings (SSSR count). The fraction of sp³-hybridized carbons (Fsp3) is 0.308. The lowest BCUT2D eigenvalue weighted by Gasteiger charge is -2.03. The summed E-state index contributed by atoms with van der Waals surface area (Å²) in [6, 6.07) is 7.73. The molecule has 0 unspecified atom stereocenters. The van der Waals surface area contributed by atoms with E-state index in [1.165, 1.54) is 11.8 Å². The largest absolute Gasteiger partial charge is 0.344 e. The highest BCUT2D eigenvalue weighted by molar-refractivity contribution is 14.1. The van der Waals surface area contributed by atoms with Crippen molar-refractivity contribution in [1.82, 2.24) is 14.8 Å². The predicted octanol–water partition coefficient (Wildman–Crippen LogP) is 2.49. The number of halogens is 1. The molecule has 0 amide bonds. The molecule has 0 spiro atoms. The summed E-state index contributed by atoms with van der Waals surface area (Å²) in [6.45, 7) is 0. The monoisotopic (exact) mass is 401 g/mol. The summed E-state index contributed by atoms with van der Waals surface area (Å²) in [5.41, 5.74) is 0.505. The predicted molar refractivity (Wildman–Crippen MR) is 85.3 cm³/mol. The Morgan fingerprint density at radius 3 is 2.75 bits per heavy atom. The van der Waals surface area contributed by atoms with Gasteiger partial charge in [-0.2, -0.15) is 0 Å². The van der Waals surface area contributed by atoms with Crippen LogP contribution >= 0.6 is 34.4 Å². The zero-order chi connectivity index (χ0) is 14.1. The SMILES string of the molecule is O=C(CSc1n[nH]c(=O)n1C1CC1)c1ccc(I)cc1. The van der Waals surface area contributed by atoms with Crippen molar-refractivity contribution in [2.75, 3.05) is 5.75 Å². The third kappa shape index (κ3) is 2.98. The maximum atomic E-state index is 12.1. The van der Waals surface area contributed by atoms with Gasteiger partial charge in [-0.3, -0.25) is 9.36 Å². The minimum Gasteiger partial charge on any atom is -0.293 e. The molecule has 2 aromatic rings. The van der Waals surface area contributed by atoms with Crippen LogP contribution in [0.4, 0.5) is 0 Å². The fourth-order valence-electron chi connectivity index (χ4n) is 1.90. The average Bonchev–Trinajstić information content (AvgIpc) is 3.21. The Bertz CT molecular complexity index is 688. The smallest absolute Gasteiger partial charge is 0.293 e. The summed E-state index contributed by atoms with van der Waals surface area (Å²) in [5, 5.41) is 7.05. The first-order valence-electron chi connectivity index (χ1n) is 6.23. The van der Waals surface area contributed by atoms with Crippen molar-refractivity contribution in [3.05, 3.63) is 43.9 Å². The van der Waals surface area contributed by atoms with Gasteiger partial charge in [-0.15, -0.1) is 5.10 Å².